The average Bonchev–Trinajstić information content (AvgIpc) is 2.77. The Morgan fingerprint density at radius 1 is 0.688 bits per heavy atom. The van der Waals surface area contributed by atoms with Crippen molar-refractivity contribution in [2.45, 2.75) is 79.1 Å². The van der Waals surface area contributed by atoms with E-state index in [4.69, 9.17) is 18.9 Å². The van der Waals surface area contributed by atoms with Crippen molar-refractivity contribution in [1.29, 1.82) is 0 Å². The van der Waals surface area contributed by atoms with Crippen LogP contribution in [0.2, 0.25) is 0 Å². The first-order valence-corrected chi connectivity index (χ1v) is 11.8. The smallest absolute Gasteiger partial charge is 0.311 e. The van der Waals surface area contributed by atoms with E-state index < -0.39 is 5.97 Å². The van der Waals surface area contributed by atoms with Crippen molar-refractivity contribution in [2.24, 2.45) is 0 Å². The van der Waals surface area contributed by atoms with Gasteiger partial charge in [-0.2, -0.15) is 0 Å². The third-order valence-electron chi connectivity index (χ3n) is 4.94. The van der Waals surface area contributed by atoms with Crippen LogP contribution in [0.3, 0.4) is 0 Å². The minimum Gasteiger partial charge on any atom is -0.486 e. The third-order valence-corrected chi connectivity index (χ3v) is 4.94. The maximum atomic E-state index is 12.5. The number of carbonyl (C=O) groups excluding carboxylic acids is 2. The molecule has 32 heavy (non-hydrogen) atoms. The molecule has 0 bridgehead atoms. The molecular weight excluding hydrogens is 408 g/mol. The van der Waals surface area contributed by atoms with Crippen LogP contribution in [0.4, 0.5) is 0 Å². The zero-order valence-electron chi connectivity index (χ0n) is 19.8. The van der Waals surface area contributed by atoms with Crippen molar-refractivity contribution >= 4 is 22.7 Å². The molecule has 176 valence electrons. The van der Waals surface area contributed by atoms with Gasteiger partial charge in [-0.3, -0.25) is 9.59 Å². The van der Waals surface area contributed by atoms with Crippen LogP contribution < -0.4 is 18.9 Å². The normalized spacial score (nSPS) is 10.8. The number of carbonyl (C=O) groups is 2. The van der Waals surface area contributed by atoms with E-state index in [0.29, 0.717) is 59.8 Å². The second-order valence-corrected chi connectivity index (χ2v) is 7.79. The molecule has 2 rings (SSSR count). The topological polar surface area (TPSA) is 71.1 Å². The molecule has 0 unspecified atom stereocenters. The number of hydrogen-bond donors (Lipinski definition) is 0. The summed E-state index contributed by atoms with van der Waals surface area (Å²) < 4.78 is 23.7. The van der Waals surface area contributed by atoms with Gasteiger partial charge in [0.05, 0.1) is 13.2 Å². The van der Waals surface area contributed by atoms with Crippen LogP contribution in [0.25, 0.3) is 10.8 Å². The molecule has 0 spiro atoms. The summed E-state index contributed by atoms with van der Waals surface area (Å²) >= 11 is 0. The van der Waals surface area contributed by atoms with Gasteiger partial charge in [-0.1, -0.05) is 70.7 Å². The number of unbranched alkanes of at least 4 members (excludes halogenated alkanes) is 4. The quantitative estimate of drug-likeness (QED) is 0.185. The zero-order chi connectivity index (χ0) is 23.3. The maximum Gasteiger partial charge on any atom is 0.311 e. The molecule has 6 nitrogen and oxygen atoms in total. The van der Waals surface area contributed by atoms with Crippen molar-refractivity contribution < 1.29 is 28.5 Å². The Balaban J connectivity index is 2.65. The summed E-state index contributed by atoms with van der Waals surface area (Å²) in [6.07, 6.45) is 6.81. The summed E-state index contributed by atoms with van der Waals surface area (Å²) in [7, 11) is 0. The third kappa shape index (κ3) is 7.14. The van der Waals surface area contributed by atoms with Gasteiger partial charge in [0.1, 0.15) is 0 Å². The lowest BCUT2D eigenvalue weighted by Crippen LogP contribution is -2.12. The van der Waals surface area contributed by atoms with Gasteiger partial charge in [0.2, 0.25) is 11.5 Å². The number of esters is 2. The zero-order valence-corrected chi connectivity index (χ0v) is 19.8. The van der Waals surface area contributed by atoms with Crippen molar-refractivity contribution in [2.75, 3.05) is 13.2 Å². The van der Waals surface area contributed by atoms with Crippen LogP contribution in [-0.2, 0) is 9.59 Å². The van der Waals surface area contributed by atoms with E-state index in [1.54, 1.807) is 0 Å². The Kier molecular flexibility index (Phi) is 10.8. The first-order chi connectivity index (χ1) is 15.5. The molecule has 0 aliphatic carbocycles. The molecule has 0 saturated heterocycles. The van der Waals surface area contributed by atoms with Crippen LogP contribution in [0.1, 0.15) is 79.1 Å². The van der Waals surface area contributed by atoms with Gasteiger partial charge < -0.3 is 18.9 Å². The minimum absolute atomic E-state index is 0.294. The van der Waals surface area contributed by atoms with Crippen molar-refractivity contribution in [1.82, 2.24) is 0 Å². The van der Waals surface area contributed by atoms with Crippen molar-refractivity contribution in [3.8, 4) is 23.0 Å². The molecular formula is C26H36O6. The highest BCUT2D eigenvalue weighted by Gasteiger charge is 2.27. The Morgan fingerprint density at radius 3 is 1.62 bits per heavy atom. The van der Waals surface area contributed by atoms with E-state index >= 15 is 0 Å². The second-order valence-electron chi connectivity index (χ2n) is 7.79. The van der Waals surface area contributed by atoms with Gasteiger partial charge in [0, 0.05) is 24.1 Å². The molecule has 0 aliphatic rings. The first-order valence-electron chi connectivity index (χ1n) is 11.8. The number of hydrogen-bond acceptors (Lipinski definition) is 6. The highest BCUT2D eigenvalue weighted by Crippen LogP contribution is 2.51. The van der Waals surface area contributed by atoms with Gasteiger partial charge in [-0.25, -0.2) is 0 Å². The van der Waals surface area contributed by atoms with Gasteiger partial charge in [-0.05, 0) is 19.3 Å². The van der Waals surface area contributed by atoms with Gasteiger partial charge in [0.25, 0.3) is 0 Å². The van der Waals surface area contributed by atoms with E-state index in [1.807, 2.05) is 31.2 Å². The Morgan fingerprint density at radius 2 is 1.19 bits per heavy atom. The van der Waals surface area contributed by atoms with Gasteiger partial charge in [0.15, 0.2) is 11.5 Å². The van der Waals surface area contributed by atoms with Gasteiger partial charge >= 0.3 is 11.9 Å². The lowest BCUT2D eigenvalue weighted by atomic mass is 10.1. The Bertz CT molecular complexity index is 890. The van der Waals surface area contributed by atoms with Crippen molar-refractivity contribution in [3.63, 3.8) is 0 Å². The molecule has 0 aromatic heterocycles. The van der Waals surface area contributed by atoms with Crippen LogP contribution in [0.15, 0.2) is 24.3 Å². The summed E-state index contributed by atoms with van der Waals surface area (Å²) in [6.45, 7) is 8.40. The lowest BCUT2D eigenvalue weighted by molar-refractivity contribution is -0.134. The molecule has 0 aliphatic heterocycles. The lowest BCUT2D eigenvalue weighted by Gasteiger charge is -2.21. The maximum absolute atomic E-state index is 12.5. The van der Waals surface area contributed by atoms with E-state index in [9.17, 15) is 9.59 Å². The largest absolute Gasteiger partial charge is 0.486 e. The molecule has 0 N–H and O–H groups in total. The summed E-state index contributed by atoms with van der Waals surface area (Å²) in [5.74, 6) is 0.444. The van der Waals surface area contributed by atoms with E-state index in [-0.39, 0.29) is 5.97 Å². The van der Waals surface area contributed by atoms with Gasteiger partial charge in [-0.15, -0.1) is 0 Å². The highest BCUT2D eigenvalue weighted by atomic mass is 16.6. The van der Waals surface area contributed by atoms with Crippen LogP contribution in [-0.4, -0.2) is 25.2 Å². The van der Waals surface area contributed by atoms with Crippen LogP contribution in [0, 0.1) is 0 Å². The predicted molar refractivity (Wildman–Crippen MR) is 126 cm³/mol. The highest BCUT2D eigenvalue weighted by molar-refractivity contribution is 6.01. The molecule has 0 radical (unpaired) electrons. The molecule has 2 aromatic rings. The summed E-state index contributed by atoms with van der Waals surface area (Å²) in [6, 6.07) is 7.34. The van der Waals surface area contributed by atoms with E-state index in [0.717, 1.165) is 38.5 Å². The van der Waals surface area contributed by atoms with E-state index in [2.05, 4.69) is 13.8 Å². The predicted octanol–water partition coefficient (Wildman–Crippen LogP) is 6.61. The molecule has 0 atom stereocenters. The minimum atomic E-state index is -0.457. The Hall–Kier alpha value is -2.76. The van der Waals surface area contributed by atoms with E-state index in [1.165, 1.54) is 6.92 Å². The summed E-state index contributed by atoms with van der Waals surface area (Å²) in [5.41, 5.74) is 0. The first kappa shape index (κ1) is 25.5. The molecule has 2 aromatic carbocycles. The fraction of sp³-hybridized carbons (Fsp3) is 0.538. The molecule has 0 saturated carbocycles. The molecule has 0 amide bonds. The standard InChI is InChI=1S/C26H36O6/c1-5-8-12-17-29-25-23(31-19(4)27)20-15-10-11-16-21(20)24(32-22(28)14-7-3)26(25)30-18-13-9-6-2/h10-11,15-16H,5-9,12-14,17-18H2,1-4H3. The fourth-order valence-electron chi connectivity index (χ4n) is 3.36. The number of fused-ring (bicyclic) bond motifs is 1. The number of rotatable bonds is 14. The number of benzene rings is 2. The second kappa shape index (κ2) is 13.6. The summed E-state index contributed by atoms with van der Waals surface area (Å²) in [4.78, 5) is 24.4. The molecule has 0 fully saturated rings. The Labute approximate surface area is 191 Å². The number of ether oxygens (including phenoxy) is 4. The van der Waals surface area contributed by atoms with Crippen molar-refractivity contribution in [3.05, 3.63) is 24.3 Å². The van der Waals surface area contributed by atoms with Crippen LogP contribution in [0.5, 0.6) is 23.0 Å². The summed E-state index contributed by atoms with van der Waals surface area (Å²) in [5, 5.41) is 1.27. The molecule has 6 heteroatoms. The molecule has 0 heterocycles. The van der Waals surface area contributed by atoms with Crippen LogP contribution >= 0.6 is 0 Å². The fourth-order valence-corrected chi connectivity index (χ4v) is 3.36. The SMILES string of the molecule is CCCCCOc1c(OCCCCC)c(OC(=O)CCC)c2ccccc2c1OC(C)=O. The monoisotopic (exact) mass is 444 g/mol. The average molecular weight is 445 g/mol.